The highest BCUT2D eigenvalue weighted by atomic mass is 15.2. The summed E-state index contributed by atoms with van der Waals surface area (Å²) in [6.07, 6.45) is 3.92. The normalized spacial score (nSPS) is 20.2. The number of benzene rings is 2. The molecule has 26 heavy (non-hydrogen) atoms. The fraction of sp³-hybridized carbons (Fsp3) is 0.261. The van der Waals surface area contributed by atoms with Gasteiger partial charge in [-0.1, -0.05) is 54.6 Å². The largest absolute Gasteiger partial charge is 0.354 e. The fourth-order valence-corrected chi connectivity index (χ4v) is 3.97. The van der Waals surface area contributed by atoms with Gasteiger partial charge in [0.2, 0.25) is 0 Å². The summed E-state index contributed by atoms with van der Waals surface area (Å²) in [5.41, 5.74) is 11.6. The van der Waals surface area contributed by atoms with Gasteiger partial charge in [0.25, 0.3) is 0 Å². The zero-order valence-corrected chi connectivity index (χ0v) is 15.2. The summed E-state index contributed by atoms with van der Waals surface area (Å²) < 4.78 is 0. The van der Waals surface area contributed by atoms with Crippen molar-refractivity contribution < 1.29 is 0 Å². The first-order valence-corrected chi connectivity index (χ1v) is 9.27. The highest BCUT2D eigenvalue weighted by Gasteiger charge is 2.34. The molecule has 3 heteroatoms. The number of anilines is 1. The van der Waals surface area contributed by atoms with Gasteiger partial charge in [0, 0.05) is 19.3 Å². The number of aromatic nitrogens is 1. The van der Waals surface area contributed by atoms with E-state index in [2.05, 4.69) is 71.4 Å². The molecule has 4 rings (SSSR count). The molecule has 1 aliphatic rings. The van der Waals surface area contributed by atoms with Crippen LogP contribution in [0.15, 0.2) is 72.9 Å². The maximum absolute atomic E-state index is 6.90. The van der Waals surface area contributed by atoms with E-state index in [0.717, 1.165) is 31.7 Å². The minimum Gasteiger partial charge on any atom is -0.354 e. The lowest BCUT2D eigenvalue weighted by molar-refractivity contribution is 0.352. The van der Waals surface area contributed by atoms with Crippen molar-refractivity contribution in [3.05, 3.63) is 84.1 Å². The zero-order chi connectivity index (χ0) is 18.0. The molecule has 0 radical (unpaired) electrons. The second-order valence-electron chi connectivity index (χ2n) is 7.26. The number of hydrogen-bond acceptors (Lipinski definition) is 3. The van der Waals surface area contributed by atoms with Crippen molar-refractivity contribution in [2.45, 2.75) is 25.3 Å². The van der Waals surface area contributed by atoms with E-state index in [1.807, 2.05) is 18.3 Å². The molecular formula is C23H25N3. The summed E-state index contributed by atoms with van der Waals surface area (Å²) in [6.45, 7) is 3.99. The van der Waals surface area contributed by atoms with Crippen LogP contribution in [0, 0.1) is 6.92 Å². The van der Waals surface area contributed by atoms with Crippen LogP contribution in [0.25, 0.3) is 11.1 Å². The van der Waals surface area contributed by atoms with Crippen LogP contribution >= 0.6 is 0 Å². The van der Waals surface area contributed by atoms with E-state index < -0.39 is 0 Å². The Morgan fingerprint density at radius 2 is 1.81 bits per heavy atom. The minimum atomic E-state index is -0.338. The first-order chi connectivity index (χ1) is 12.7. The molecule has 3 aromatic rings. The smallest absolute Gasteiger partial charge is 0.128 e. The highest BCUT2D eigenvalue weighted by Crippen LogP contribution is 2.34. The lowest BCUT2D eigenvalue weighted by Crippen LogP contribution is -2.52. The first-order valence-electron chi connectivity index (χ1n) is 9.27. The predicted octanol–water partition coefficient (Wildman–Crippen LogP) is 4.51. The molecule has 2 N–H and O–H groups in total. The van der Waals surface area contributed by atoms with Gasteiger partial charge in [0.1, 0.15) is 5.82 Å². The molecule has 1 saturated heterocycles. The second-order valence-corrected chi connectivity index (χ2v) is 7.26. The number of hydrogen-bond donors (Lipinski definition) is 1. The summed E-state index contributed by atoms with van der Waals surface area (Å²) in [4.78, 5) is 6.81. The summed E-state index contributed by atoms with van der Waals surface area (Å²) in [7, 11) is 0. The van der Waals surface area contributed by atoms with E-state index in [-0.39, 0.29) is 5.54 Å². The summed E-state index contributed by atoms with van der Waals surface area (Å²) in [5, 5.41) is 0. The summed E-state index contributed by atoms with van der Waals surface area (Å²) in [6, 6.07) is 23.3. The molecule has 1 unspecified atom stereocenters. The summed E-state index contributed by atoms with van der Waals surface area (Å²) in [5.74, 6) is 1.01. The quantitative estimate of drug-likeness (QED) is 0.761. The average Bonchev–Trinajstić information content (AvgIpc) is 2.69. The average molecular weight is 343 g/mol. The molecule has 1 aromatic heterocycles. The third-order valence-corrected chi connectivity index (χ3v) is 5.38. The van der Waals surface area contributed by atoms with Crippen molar-refractivity contribution in [3.8, 4) is 11.1 Å². The first kappa shape index (κ1) is 16.8. The van der Waals surface area contributed by atoms with Gasteiger partial charge in [-0.25, -0.2) is 4.98 Å². The maximum atomic E-state index is 6.90. The van der Waals surface area contributed by atoms with Gasteiger partial charge in [-0.05, 0) is 54.2 Å². The molecule has 2 aromatic carbocycles. The number of nitrogens with zero attached hydrogens (tertiary/aromatic N) is 2. The zero-order valence-electron chi connectivity index (χ0n) is 15.2. The van der Waals surface area contributed by atoms with Crippen molar-refractivity contribution in [2.24, 2.45) is 5.73 Å². The summed E-state index contributed by atoms with van der Waals surface area (Å²) >= 11 is 0. The molecule has 0 spiro atoms. The SMILES string of the molecule is Cc1cc(C2(N)CCCN(c3ccccn3)C2)ccc1-c1ccccc1. The molecular weight excluding hydrogens is 318 g/mol. The Kier molecular flexibility index (Phi) is 4.48. The van der Waals surface area contributed by atoms with Crippen LogP contribution in [0.3, 0.4) is 0 Å². The maximum Gasteiger partial charge on any atom is 0.128 e. The van der Waals surface area contributed by atoms with Crippen LogP contribution in [0.1, 0.15) is 24.0 Å². The van der Waals surface area contributed by atoms with Gasteiger partial charge in [0.15, 0.2) is 0 Å². The predicted molar refractivity (Wildman–Crippen MR) is 108 cm³/mol. The van der Waals surface area contributed by atoms with E-state index >= 15 is 0 Å². The highest BCUT2D eigenvalue weighted by molar-refractivity contribution is 5.67. The Balaban J connectivity index is 1.63. The molecule has 0 saturated carbocycles. The van der Waals surface area contributed by atoms with Crippen LogP contribution in [-0.4, -0.2) is 18.1 Å². The monoisotopic (exact) mass is 343 g/mol. The molecule has 1 fully saturated rings. The molecule has 0 amide bonds. The molecule has 0 aliphatic carbocycles. The Morgan fingerprint density at radius 1 is 1.00 bits per heavy atom. The van der Waals surface area contributed by atoms with E-state index in [1.165, 1.54) is 22.3 Å². The number of pyridine rings is 1. The lowest BCUT2D eigenvalue weighted by atomic mass is 9.81. The number of rotatable bonds is 3. The van der Waals surface area contributed by atoms with Crippen LogP contribution in [0.5, 0.6) is 0 Å². The van der Waals surface area contributed by atoms with Gasteiger partial charge >= 0.3 is 0 Å². The molecule has 0 bridgehead atoms. The van der Waals surface area contributed by atoms with Gasteiger partial charge in [-0.15, -0.1) is 0 Å². The fourth-order valence-electron chi connectivity index (χ4n) is 3.97. The Morgan fingerprint density at radius 3 is 2.54 bits per heavy atom. The van der Waals surface area contributed by atoms with Crippen molar-refractivity contribution in [1.29, 1.82) is 0 Å². The molecule has 2 heterocycles. The number of aryl methyl sites for hydroxylation is 1. The van der Waals surface area contributed by atoms with Crippen molar-refractivity contribution in [1.82, 2.24) is 4.98 Å². The molecule has 1 aliphatic heterocycles. The molecule has 3 nitrogen and oxygen atoms in total. The van der Waals surface area contributed by atoms with Crippen LogP contribution in [0.4, 0.5) is 5.82 Å². The Labute approximate surface area is 155 Å². The number of piperidine rings is 1. The van der Waals surface area contributed by atoms with Gasteiger partial charge in [-0.3, -0.25) is 0 Å². The van der Waals surface area contributed by atoms with Gasteiger partial charge < -0.3 is 10.6 Å². The molecule has 132 valence electrons. The van der Waals surface area contributed by atoms with E-state index in [1.54, 1.807) is 0 Å². The Hall–Kier alpha value is -2.65. The number of nitrogens with two attached hydrogens (primary N) is 1. The third kappa shape index (κ3) is 3.23. The minimum absolute atomic E-state index is 0.338. The van der Waals surface area contributed by atoms with Crippen LogP contribution < -0.4 is 10.6 Å². The van der Waals surface area contributed by atoms with Crippen LogP contribution in [0.2, 0.25) is 0 Å². The van der Waals surface area contributed by atoms with Crippen molar-refractivity contribution >= 4 is 5.82 Å². The van der Waals surface area contributed by atoms with Crippen molar-refractivity contribution in [3.63, 3.8) is 0 Å². The second kappa shape index (κ2) is 6.93. The molecule has 1 atom stereocenters. The van der Waals surface area contributed by atoms with Gasteiger partial charge in [0.05, 0.1) is 5.54 Å². The van der Waals surface area contributed by atoms with Gasteiger partial charge in [-0.2, -0.15) is 0 Å². The van der Waals surface area contributed by atoms with E-state index in [4.69, 9.17) is 5.73 Å². The van der Waals surface area contributed by atoms with E-state index in [0.29, 0.717) is 0 Å². The van der Waals surface area contributed by atoms with Crippen LogP contribution in [-0.2, 0) is 5.54 Å². The topological polar surface area (TPSA) is 42.1 Å². The lowest BCUT2D eigenvalue weighted by Gasteiger charge is -2.41. The standard InChI is InChI=1S/C23H25N3/c1-18-16-20(11-12-21(18)19-8-3-2-4-9-19)23(24)13-7-15-26(17-23)22-10-5-6-14-25-22/h2-6,8-12,14,16H,7,13,15,17,24H2,1H3. The third-order valence-electron chi connectivity index (χ3n) is 5.38. The Bertz CT molecular complexity index is 876. The van der Waals surface area contributed by atoms with E-state index in [9.17, 15) is 0 Å². The van der Waals surface area contributed by atoms with Crippen molar-refractivity contribution in [2.75, 3.05) is 18.0 Å².